The van der Waals surface area contributed by atoms with Crippen LogP contribution < -0.4 is 5.73 Å². The zero-order chi connectivity index (χ0) is 15.5. The van der Waals surface area contributed by atoms with Crippen LogP contribution in [0.5, 0.6) is 0 Å². The first-order chi connectivity index (χ1) is 9.87. The van der Waals surface area contributed by atoms with Crippen molar-refractivity contribution in [2.75, 3.05) is 30.3 Å². The third kappa shape index (κ3) is 4.00. The summed E-state index contributed by atoms with van der Waals surface area (Å²) in [5, 5.41) is -0.409. The summed E-state index contributed by atoms with van der Waals surface area (Å²) < 4.78 is 24.6. The molecule has 1 aromatic rings. The molecular formula is C15H24N2O2S2. The first-order valence-corrected chi connectivity index (χ1v) is 10.1. The van der Waals surface area contributed by atoms with Crippen molar-refractivity contribution in [2.45, 2.75) is 24.8 Å². The van der Waals surface area contributed by atoms with Crippen LogP contribution >= 0.6 is 11.8 Å². The molecule has 1 saturated heterocycles. The van der Waals surface area contributed by atoms with E-state index in [2.05, 4.69) is 0 Å². The molecule has 4 nitrogen and oxygen atoms in total. The van der Waals surface area contributed by atoms with Crippen LogP contribution in [0.15, 0.2) is 30.3 Å². The number of rotatable bonds is 5. The lowest BCUT2D eigenvalue weighted by atomic mass is 9.92. The normalized spacial score (nSPS) is 23.7. The molecule has 0 aromatic heterocycles. The molecule has 118 valence electrons. The van der Waals surface area contributed by atoms with E-state index in [0.29, 0.717) is 12.3 Å². The number of nitrogens with two attached hydrogens (primary N) is 1. The molecule has 1 fully saturated rings. The Morgan fingerprint density at radius 3 is 2.67 bits per heavy atom. The van der Waals surface area contributed by atoms with Crippen molar-refractivity contribution in [3.63, 3.8) is 0 Å². The molecule has 0 amide bonds. The minimum atomic E-state index is -3.08. The smallest absolute Gasteiger partial charge is 0.166 e. The van der Waals surface area contributed by atoms with Gasteiger partial charge in [-0.15, -0.1) is 0 Å². The van der Waals surface area contributed by atoms with Gasteiger partial charge in [-0.05, 0) is 12.5 Å². The number of thioether (sulfide) groups is 1. The van der Waals surface area contributed by atoms with Gasteiger partial charge in [-0.2, -0.15) is 11.8 Å². The van der Waals surface area contributed by atoms with Crippen LogP contribution in [-0.2, 0) is 15.4 Å². The number of hydrogen-bond donors (Lipinski definition) is 1. The largest absolute Gasteiger partial charge is 0.321 e. The van der Waals surface area contributed by atoms with Crippen LogP contribution in [0.1, 0.15) is 19.4 Å². The lowest BCUT2D eigenvalue weighted by Gasteiger charge is -2.39. The van der Waals surface area contributed by atoms with Crippen molar-refractivity contribution in [3.05, 3.63) is 35.9 Å². The SMILES string of the molecule is CCS(=O)(=O)C1CSCCN1CC(C)(N)c1ccccc1. The molecule has 0 bridgehead atoms. The Bertz CT molecular complexity index is 558. The summed E-state index contributed by atoms with van der Waals surface area (Å²) in [7, 11) is -3.08. The monoisotopic (exact) mass is 328 g/mol. The van der Waals surface area contributed by atoms with Gasteiger partial charge in [-0.25, -0.2) is 8.42 Å². The molecular weight excluding hydrogens is 304 g/mol. The van der Waals surface area contributed by atoms with Gasteiger partial charge in [-0.3, -0.25) is 4.90 Å². The summed E-state index contributed by atoms with van der Waals surface area (Å²) in [4.78, 5) is 2.04. The van der Waals surface area contributed by atoms with Crippen molar-refractivity contribution in [1.82, 2.24) is 4.90 Å². The maximum atomic E-state index is 12.3. The van der Waals surface area contributed by atoms with Crippen molar-refractivity contribution in [3.8, 4) is 0 Å². The average molecular weight is 329 g/mol. The molecule has 1 heterocycles. The predicted molar refractivity (Wildman–Crippen MR) is 90.1 cm³/mol. The third-order valence-electron chi connectivity index (χ3n) is 3.97. The van der Waals surface area contributed by atoms with Crippen LogP contribution in [0.2, 0.25) is 0 Å². The fraction of sp³-hybridized carbons (Fsp3) is 0.600. The van der Waals surface area contributed by atoms with Gasteiger partial charge in [0.05, 0.1) is 5.54 Å². The third-order valence-corrected chi connectivity index (χ3v) is 7.30. The summed E-state index contributed by atoms with van der Waals surface area (Å²) >= 11 is 1.71. The highest BCUT2D eigenvalue weighted by Gasteiger charge is 2.36. The Balaban J connectivity index is 2.19. The van der Waals surface area contributed by atoms with Gasteiger partial charge in [-0.1, -0.05) is 37.3 Å². The van der Waals surface area contributed by atoms with Gasteiger partial charge in [0.25, 0.3) is 0 Å². The van der Waals surface area contributed by atoms with Gasteiger partial charge >= 0.3 is 0 Å². The fourth-order valence-corrected chi connectivity index (χ4v) is 5.73. The summed E-state index contributed by atoms with van der Waals surface area (Å²) in [6.45, 7) is 5.01. The molecule has 0 spiro atoms. The molecule has 1 aliphatic rings. The van der Waals surface area contributed by atoms with Gasteiger partial charge in [0, 0.05) is 30.3 Å². The van der Waals surface area contributed by atoms with Crippen LogP contribution in [-0.4, -0.2) is 49.0 Å². The topological polar surface area (TPSA) is 63.4 Å². The molecule has 2 N–H and O–H groups in total. The Labute approximate surface area is 132 Å². The van der Waals surface area contributed by atoms with Crippen molar-refractivity contribution in [2.24, 2.45) is 5.73 Å². The number of sulfone groups is 1. The van der Waals surface area contributed by atoms with Crippen LogP contribution in [0.4, 0.5) is 0 Å². The van der Waals surface area contributed by atoms with E-state index in [-0.39, 0.29) is 5.75 Å². The van der Waals surface area contributed by atoms with E-state index in [1.807, 2.05) is 42.2 Å². The van der Waals surface area contributed by atoms with Crippen molar-refractivity contribution >= 4 is 21.6 Å². The summed E-state index contributed by atoms with van der Waals surface area (Å²) in [5.74, 6) is 1.78. The van der Waals surface area contributed by atoms with E-state index in [1.54, 1.807) is 18.7 Å². The predicted octanol–water partition coefficient (Wildman–Crippen LogP) is 1.67. The highest BCUT2D eigenvalue weighted by molar-refractivity contribution is 8.01. The minimum absolute atomic E-state index is 0.182. The van der Waals surface area contributed by atoms with E-state index in [9.17, 15) is 8.42 Å². The zero-order valence-electron chi connectivity index (χ0n) is 12.7. The number of benzene rings is 1. The van der Waals surface area contributed by atoms with E-state index >= 15 is 0 Å². The van der Waals surface area contributed by atoms with E-state index in [0.717, 1.165) is 17.9 Å². The van der Waals surface area contributed by atoms with E-state index < -0.39 is 20.8 Å². The first kappa shape index (κ1) is 16.8. The highest BCUT2D eigenvalue weighted by atomic mass is 32.2. The first-order valence-electron chi connectivity index (χ1n) is 7.24. The molecule has 2 atom stereocenters. The second-order valence-corrected chi connectivity index (χ2v) is 9.33. The van der Waals surface area contributed by atoms with Gasteiger partial charge < -0.3 is 5.73 Å². The summed E-state index contributed by atoms with van der Waals surface area (Å²) in [6, 6.07) is 9.89. The van der Waals surface area contributed by atoms with Gasteiger partial charge in [0.1, 0.15) is 5.37 Å². The Morgan fingerprint density at radius 2 is 2.05 bits per heavy atom. The zero-order valence-corrected chi connectivity index (χ0v) is 14.3. The van der Waals surface area contributed by atoms with Gasteiger partial charge in [0.15, 0.2) is 9.84 Å². The minimum Gasteiger partial charge on any atom is -0.321 e. The summed E-state index contributed by atoms with van der Waals surface area (Å²) in [5.41, 5.74) is 6.96. The van der Waals surface area contributed by atoms with Crippen LogP contribution in [0, 0.1) is 0 Å². The van der Waals surface area contributed by atoms with E-state index in [4.69, 9.17) is 5.73 Å². The maximum absolute atomic E-state index is 12.3. The molecule has 2 unspecified atom stereocenters. The molecule has 0 saturated carbocycles. The highest BCUT2D eigenvalue weighted by Crippen LogP contribution is 2.26. The lowest BCUT2D eigenvalue weighted by molar-refractivity contribution is 0.214. The van der Waals surface area contributed by atoms with Crippen LogP contribution in [0.3, 0.4) is 0 Å². The number of hydrogen-bond acceptors (Lipinski definition) is 5. The number of nitrogens with zero attached hydrogens (tertiary/aromatic N) is 1. The second kappa shape index (κ2) is 6.69. The lowest BCUT2D eigenvalue weighted by Crippen LogP contribution is -2.54. The second-order valence-electron chi connectivity index (χ2n) is 5.74. The maximum Gasteiger partial charge on any atom is 0.166 e. The Morgan fingerprint density at radius 1 is 1.38 bits per heavy atom. The molecule has 1 aliphatic heterocycles. The molecule has 2 rings (SSSR count). The molecule has 21 heavy (non-hydrogen) atoms. The van der Waals surface area contributed by atoms with Crippen molar-refractivity contribution < 1.29 is 8.42 Å². The van der Waals surface area contributed by atoms with E-state index in [1.165, 1.54) is 0 Å². The fourth-order valence-electron chi connectivity index (χ4n) is 2.65. The summed E-state index contributed by atoms with van der Waals surface area (Å²) in [6.07, 6.45) is 0. The molecule has 0 aliphatic carbocycles. The average Bonchev–Trinajstić information content (AvgIpc) is 2.48. The Kier molecular flexibility index (Phi) is 5.35. The molecule has 0 radical (unpaired) electrons. The molecule has 6 heteroatoms. The van der Waals surface area contributed by atoms with Crippen molar-refractivity contribution in [1.29, 1.82) is 0 Å². The van der Waals surface area contributed by atoms with Crippen LogP contribution in [0.25, 0.3) is 0 Å². The van der Waals surface area contributed by atoms with Gasteiger partial charge in [0.2, 0.25) is 0 Å². The molecule has 1 aromatic carbocycles. The standard InChI is InChI=1S/C15H24N2O2S2/c1-3-21(18,19)14-11-20-10-9-17(14)12-15(2,16)13-7-5-4-6-8-13/h4-8,14H,3,9-12,16H2,1-2H3. The quantitative estimate of drug-likeness (QED) is 0.891. The Hall–Kier alpha value is -0.560.